The van der Waals surface area contributed by atoms with Gasteiger partial charge in [-0.1, -0.05) is 55.5 Å². The van der Waals surface area contributed by atoms with Crippen LogP contribution >= 0.6 is 11.3 Å². The zero-order valence-electron chi connectivity index (χ0n) is 19.2. The second-order valence-corrected chi connectivity index (χ2v) is 9.43. The van der Waals surface area contributed by atoms with Crippen LogP contribution in [0.5, 0.6) is 5.75 Å². The molecule has 2 aromatic carbocycles. The molecule has 1 atom stereocenters. The van der Waals surface area contributed by atoms with Crippen molar-refractivity contribution in [2.45, 2.75) is 37.8 Å². The van der Waals surface area contributed by atoms with Crippen LogP contribution < -0.4 is 20.3 Å². The molecule has 5 heteroatoms. The van der Waals surface area contributed by atoms with E-state index in [9.17, 15) is 0 Å². The number of ether oxygens (including phenoxy) is 1. The lowest BCUT2D eigenvalue weighted by Crippen LogP contribution is -2.51. The molecule has 0 aliphatic carbocycles. The molecule has 3 aromatic rings. The summed E-state index contributed by atoms with van der Waals surface area (Å²) in [4.78, 5) is 3.78. The van der Waals surface area contributed by atoms with Gasteiger partial charge in [-0.05, 0) is 62.1 Å². The van der Waals surface area contributed by atoms with Gasteiger partial charge in [0, 0.05) is 29.9 Å². The lowest BCUT2D eigenvalue weighted by molar-refractivity contribution is 0.198. The van der Waals surface area contributed by atoms with Crippen molar-refractivity contribution in [3.63, 3.8) is 0 Å². The first kappa shape index (κ1) is 22.8. The number of benzene rings is 2. The highest BCUT2D eigenvalue weighted by atomic mass is 32.1. The molecule has 0 spiro atoms. The Morgan fingerprint density at radius 2 is 1.75 bits per heavy atom. The van der Waals surface area contributed by atoms with Crippen molar-refractivity contribution >= 4 is 17.0 Å². The average Bonchev–Trinajstić information content (AvgIpc) is 3.38. The van der Waals surface area contributed by atoms with Gasteiger partial charge in [0.25, 0.3) is 0 Å². The fourth-order valence-corrected chi connectivity index (χ4v) is 5.56. The highest BCUT2D eigenvalue weighted by molar-refractivity contribution is 7.10. The van der Waals surface area contributed by atoms with Gasteiger partial charge in [0.15, 0.2) is 0 Å². The Bertz CT molecular complexity index is 937. The molecule has 0 radical (unpaired) electrons. The fourth-order valence-electron chi connectivity index (χ4n) is 4.77. The Morgan fingerprint density at radius 3 is 2.44 bits per heavy atom. The van der Waals surface area contributed by atoms with Crippen LogP contribution in [0.25, 0.3) is 0 Å². The quantitative estimate of drug-likeness (QED) is 0.423. The third kappa shape index (κ3) is 5.17. The Hall–Kier alpha value is -2.34. The van der Waals surface area contributed by atoms with E-state index in [1.807, 2.05) is 7.05 Å². The van der Waals surface area contributed by atoms with E-state index in [4.69, 9.17) is 4.74 Å². The van der Waals surface area contributed by atoms with Gasteiger partial charge >= 0.3 is 0 Å². The largest absolute Gasteiger partial charge is 0.483 e. The maximum absolute atomic E-state index is 6.64. The molecule has 0 amide bonds. The first-order chi connectivity index (χ1) is 15.8. The number of thiophene rings is 1. The zero-order chi connectivity index (χ0) is 22.2. The maximum atomic E-state index is 6.64. The fraction of sp³-hybridized carbons (Fsp3) is 0.407. The molecule has 0 bridgehead atoms. The normalized spacial score (nSPS) is 16.6. The van der Waals surface area contributed by atoms with Crippen LogP contribution in [0.3, 0.4) is 0 Å². The van der Waals surface area contributed by atoms with Gasteiger partial charge in [-0.2, -0.15) is 0 Å². The number of piperidine rings is 1. The molecule has 1 saturated heterocycles. The number of nitrogens with one attached hydrogen (secondary N) is 2. The molecule has 4 rings (SSSR count). The Morgan fingerprint density at radius 1 is 1.00 bits per heavy atom. The summed E-state index contributed by atoms with van der Waals surface area (Å²) in [5, 5.41) is 9.21. The Balaban J connectivity index is 1.52. The van der Waals surface area contributed by atoms with E-state index in [-0.39, 0.29) is 11.6 Å². The van der Waals surface area contributed by atoms with Gasteiger partial charge in [-0.3, -0.25) is 0 Å². The van der Waals surface area contributed by atoms with E-state index in [1.165, 1.54) is 16.1 Å². The Labute approximate surface area is 196 Å². The van der Waals surface area contributed by atoms with Crippen molar-refractivity contribution in [1.82, 2.24) is 10.6 Å². The van der Waals surface area contributed by atoms with Gasteiger partial charge in [-0.15, -0.1) is 11.3 Å². The summed E-state index contributed by atoms with van der Waals surface area (Å²) in [5.41, 5.74) is 2.65. The molecule has 0 unspecified atom stereocenters. The van der Waals surface area contributed by atoms with Gasteiger partial charge in [0.1, 0.15) is 11.9 Å². The molecule has 2 heterocycles. The highest BCUT2D eigenvalue weighted by Gasteiger charge is 2.36. The summed E-state index contributed by atoms with van der Waals surface area (Å²) in [6.07, 6.45) is 3.17. The monoisotopic (exact) mass is 449 g/mol. The van der Waals surface area contributed by atoms with Crippen LogP contribution in [0, 0.1) is 0 Å². The van der Waals surface area contributed by atoms with E-state index >= 15 is 0 Å². The summed E-state index contributed by atoms with van der Waals surface area (Å²) in [5.74, 6) is 0.984. The predicted octanol–water partition coefficient (Wildman–Crippen LogP) is 5.58. The molecular weight excluding hydrogens is 414 g/mol. The number of hydrogen-bond acceptors (Lipinski definition) is 5. The molecule has 4 nitrogen and oxygen atoms in total. The highest BCUT2D eigenvalue weighted by Crippen LogP contribution is 2.39. The van der Waals surface area contributed by atoms with Crippen molar-refractivity contribution in [1.29, 1.82) is 0 Å². The average molecular weight is 450 g/mol. The molecule has 170 valence electrons. The third-order valence-electron chi connectivity index (χ3n) is 6.45. The topological polar surface area (TPSA) is 36.5 Å². The van der Waals surface area contributed by atoms with E-state index < -0.39 is 0 Å². The summed E-state index contributed by atoms with van der Waals surface area (Å²) in [6, 6.07) is 23.8. The summed E-state index contributed by atoms with van der Waals surface area (Å²) >= 11 is 1.77. The van der Waals surface area contributed by atoms with Crippen molar-refractivity contribution in [2.75, 3.05) is 38.1 Å². The molecule has 32 heavy (non-hydrogen) atoms. The van der Waals surface area contributed by atoms with Gasteiger partial charge in [0.05, 0.1) is 5.69 Å². The lowest BCUT2D eigenvalue weighted by atomic mass is 9.80. The van der Waals surface area contributed by atoms with Crippen molar-refractivity contribution in [3.05, 3.63) is 82.6 Å². The second-order valence-electron chi connectivity index (χ2n) is 8.45. The van der Waals surface area contributed by atoms with E-state index in [0.29, 0.717) is 0 Å². The van der Waals surface area contributed by atoms with E-state index in [2.05, 4.69) is 94.6 Å². The SMILES string of the molecule is CCNC1(c2ccccc2)CCN(c2ccccc2O[C@H](CCNC)c2cccs2)CC1. The molecule has 2 N–H and O–H groups in total. The van der Waals surface area contributed by atoms with Gasteiger partial charge in [-0.25, -0.2) is 0 Å². The summed E-state index contributed by atoms with van der Waals surface area (Å²) in [6.45, 7) is 6.11. The van der Waals surface area contributed by atoms with Crippen molar-refractivity contribution < 1.29 is 4.74 Å². The molecule has 1 aliphatic heterocycles. The predicted molar refractivity (Wildman–Crippen MR) is 136 cm³/mol. The van der Waals surface area contributed by atoms with Crippen LogP contribution in [0.15, 0.2) is 72.1 Å². The smallest absolute Gasteiger partial charge is 0.143 e. The number of rotatable bonds is 10. The molecular formula is C27H35N3OS. The molecule has 1 fully saturated rings. The summed E-state index contributed by atoms with van der Waals surface area (Å²) < 4.78 is 6.64. The van der Waals surface area contributed by atoms with Crippen LogP contribution in [0.4, 0.5) is 5.69 Å². The van der Waals surface area contributed by atoms with Crippen LogP contribution in [-0.2, 0) is 5.54 Å². The third-order valence-corrected chi connectivity index (χ3v) is 7.42. The lowest BCUT2D eigenvalue weighted by Gasteiger charge is -2.44. The Kier molecular flexibility index (Phi) is 7.85. The van der Waals surface area contributed by atoms with Crippen LogP contribution in [-0.4, -0.2) is 33.2 Å². The minimum atomic E-state index is 0.0502. The van der Waals surface area contributed by atoms with Crippen LogP contribution in [0.2, 0.25) is 0 Å². The number of anilines is 1. The minimum Gasteiger partial charge on any atom is -0.483 e. The van der Waals surface area contributed by atoms with Gasteiger partial charge in [0.2, 0.25) is 0 Å². The summed E-state index contributed by atoms with van der Waals surface area (Å²) in [7, 11) is 2.00. The van der Waals surface area contributed by atoms with Gasteiger partial charge < -0.3 is 20.3 Å². The zero-order valence-corrected chi connectivity index (χ0v) is 20.0. The van der Waals surface area contributed by atoms with E-state index in [1.54, 1.807) is 11.3 Å². The first-order valence-corrected chi connectivity index (χ1v) is 12.6. The second kappa shape index (κ2) is 11.0. The first-order valence-electron chi connectivity index (χ1n) is 11.7. The number of nitrogens with zero attached hydrogens (tertiary/aromatic N) is 1. The minimum absolute atomic E-state index is 0.0502. The standard InChI is InChI=1S/C27H35N3OS/c1-3-29-27(22-10-5-4-6-11-22)16-19-30(20-17-27)23-12-7-8-13-24(23)31-25(15-18-28-2)26-14-9-21-32-26/h4-14,21,25,28-29H,3,15-20H2,1-2H3/t25-/m1/s1. The van der Waals surface area contributed by atoms with Crippen LogP contribution in [0.1, 0.15) is 42.7 Å². The maximum Gasteiger partial charge on any atom is 0.143 e. The number of hydrogen-bond donors (Lipinski definition) is 2. The molecule has 1 aliphatic rings. The molecule has 1 aromatic heterocycles. The number of para-hydroxylation sites is 2. The van der Waals surface area contributed by atoms with Crippen molar-refractivity contribution in [3.8, 4) is 5.75 Å². The van der Waals surface area contributed by atoms with Crippen molar-refractivity contribution in [2.24, 2.45) is 0 Å². The van der Waals surface area contributed by atoms with E-state index in [0.717, 1.165) is 51.2 Å². The molecule has 0 saturated carbocycles.